The second-order valence-electron chi connectivity index (χ2n) is 5.07. The van der Waals surface area contributed by atoms with Crippen molar-refractivity contribution in [1.82, 2.24) is 10.3 Å². The molecule has 0 fully saturated rings. The molecule has 0 aliphatic heterocycles. The third-order valence-corrected chi connectivity index (χ3v) is 5.10. The van der Waals surface area contributed by atoms with Crippen LogP contribution < -0.4 is 5.32 Å². The molecule has 122 valence electrons. The lowest BCUT2D eigenvalue weighted by atomic mass is 10.2. The number of halogens is 1. The van der Waals surface area contributed by atoms with Gasteiger partial charge in [-0.15, -0.1) is 23.1 Å². The van der Waals surface area contributed by atoms with E-state index in [0.29, 0.717) is 12.1 Å². The Morgan fingerprint density at radius 2 is 1.96 bits per heavy atom. The zero-order chi connectivity index (χ0) is 16.8. The van der Waals surface area contributed by atoms with Gasteiger partial charge in [-0.25, -0.2) is 9.37 Å². The molecule has 0 atom stereocenters. The van der Waals surface area contributed by atoms with Gasteiger partial charge < -0.3 is 5.32 Å². The normalized spacial score (nSPS) is 10.5. The third kappa shape index (κ3) is 4.43. The molecule has 0 radical (unpaired) electrons. The minimum atomic E-state index is -0.283. The van der Waals surface area contributed by atoms with E-state index in [1.165, 1.54) is 12.1 Å². The fraction of sp³-hybridized carbons (Fsp3) is 0.111. The first-order valence-electron chi connectivity index (χ1n) is 7.34. The first-order valence-corrected chi connectivity index (χ1v) is 9.27. The van der Waals surface area contributed by atoms with Crippen LogP contribution in [0.3, 0.4) is 0 Å². The van der Waals surface area contributed by atoms with Gasteiger partial charge in [0, 0.05) is 22.6 Å². The quantitative estimate of drug-likeness (QED) is 0.660. The van der Waals surface area contributed by atoms with Crippen LogP contribution in [0.2, 0.25) is 0 Å². The minimum absolute atomic E-state index is 0.138. The fourth-order valence-electron chi connectivity index (χ4n) is 2.12. The van der Waals surface area contributed by atoms with Gasteiger partial charge in [-0.2, -0.15) is 0 Å². The second-order valence-corrected chi connectivity index (χ2v) is 6.81. The molecule has 3 rings (SSSR count). The topological polar surface area (TPSA) is 42.0 Å². The molecule has 0 saturated carbocycles. The van der Waals surface area contributed by atoms with E-state index in [1.54, 1.807) is 40.7 Å². The molecular formula is C18H15FN2OS2. The Bertz CT molecular complexity index is 804. The monoisotopic (exact) mass is 358 g/mol. The molecule has 3 nitrogen and oxygen atoms in total. The van der Waals surface area contributed by atoms with Gasteiger partial charge in [-0.1, -0.05) is 24.3 Å². The molecule has 1 amide bonds. The molecule has 3 aromatic rings. The number of nitrogens with zero attached hydrogens (tertiary/aromatic N) is 1. The van der Waals surface area contributed by atoms with Crippen LogP contribution in [0.25, 0.3) is 0 Å². The molecule has 2 aromatic carbocycles. The summed E-state index contributed by atoms with van der Waals surface area (Å²) in [6, 6.07) is 13.6. The van der Waals surface area contributed by atoms with Crippen LogP contribution >= 0.6 is 23.1 Å². The summed E-state index contributed by atoms with van der Waals surface area (Å²) < 4.78 is 12.9. The number of hydrogen-bond donors (Lipinski definition) is 1. The molecule has 6 heteroatoms. The summed E-state index contributed by atoms with van der Waals surface area (Å²) in [5, 5.41) is 4.88. The molecule has 0 unspecified atom stereocenters. The van der Waals surface area contributed by atoms with Crippen molar-refractivity contribution in [3.05, 3.63) is 82.1 Å². The van der Waals surface area contributed by atoms with Crippen molar-refractivity contribution >= 4 is 29.0 Å². The standard InChI is InChI=1S/C18H15FN2OS2/c19-14-7-5-13(6-8-14)9-20-18(22)16-3-1-2-4-17(16)24-11-15-10-23-12-21-15/h1-8,10,12H,9,11H2,(H,20,22). The second kappa shape index (κ2) is 8.08. The Morgan fingerprint density at radius 1 is 1.17 bits per heavy atom. The predicted octanol–water partition coefficient (Wildman–Crippen LogP) is 4.50. The van der Waals surface area contributed by atoms with Crippen molar-refractivity contribution in [3.63, 3.8) is 0 Å². The molecule has 24 heavy (non-hydrogen) atoms. The van der Waals surface area contributed by atoms with Crippen molar-refractivity contribution in [2.24, 2.45) is 0 Å². The van der Waals surface area contributed by atoms with Gasteiger partial charge in [-0.3, -0.25) is 4.79 Å². The highest BCUT2D eigenvalue weighted by Gasteiger charge is 2.11. The third-order valence-electron chi connectivity index (χ3n) is 3.36. The number of thiazole rings is 1. The van der Waals surface area contributed by atoms with E-state index >= 15 is 0 Å². The molecule has 1 heterocycles. The highest BCUT2D eigenvalue weighted by Crippen LogP contribution is 2.26. The van der Waals surface area contributed by atoms with Crippen molar-refractivity contribution in [1.29, 1.82) is 0 Å². The zero-order valence-corrected chi connectivity index (χ0v) is 14.4. The van der Waals surface area contributed by atoms with Crippen LogP contribution in [0.4, 0.5) is 4.39 Å². The van der Waals surface area contributed by atoms with E-state index < -0.39 is 0 Å². The molecule has 0 saturated heterocycles. The maximum absolute atomic E-state index is 12.9. The average Bonchev–Trinajstić information content (AvgIpc) is 3.13. The molecule has 1 aromatic heterocycles. The van der Waals surface area contributed by atoms with Crippen molar-refractivity contribution in [2.45, 2.75) is 17.2 Å². The van der Waals surface area contributed by atoms with Gasteiger partial charge in [-0.05, 0) is 29.8 Å². The largest absolute Gasteiger partial charge is 0.348 e. The number of rotatable bonds is 6. The van der Waals surface area contributed by atoms with E-state index in [9.17, 15) is 9.18 Å². The Kier molecular flexibility index (Phi) is 5.61. The zero-order valence-electron chi connectivity index (χ0n) is 12.7. The first-order chi connectivity index (χ1) is 11.7. The van der Waals surface area contributed by atoms with Gasteiger partial charge in [0.2, 0.25) is 0 Å². The number of carbonyl (C=O) groups excluding carboxylic acids is 1. The van der Waals surface area contributed by atoms with Gasteiger partial charge in [0.05, 0.1) is 16.8 Å². The van der Waals surface area contributed by atoms with E-state index in [2.05, 4.69) is 10.3 Å². The van der Waals surface area contributed by atoms with E-state index in [4.69, 9.17) is 0 Å². The van der Waals surface area contributed by atoms with Crippen LogP contribution in [0.15, 0.2) is 64.3 Å². The average molecular weight is 358 g/mol. The first kappa shape index (κ1) is 16.7. The van der Waals surface area contributed by atoms with Gasteiger partial charge in [0.15, 0.2) is 0 Å². The van der Waals surface area contributed by atoms with Gasteiger partial charge >= 0.3 is 0 Å². The number of carbonyl (C=O) groups is 1. The Balaban J connectivity index is 1.64. The molecule has 1 N–H and O–H groups in total. The Morgan fingerprint density at radius 3 is 2.71 bits per heavy atom. The number of thioether (sulfide) groups is 1. The summed E-state index contributed by atoms with van der Waals surface area (Å²) in [7, 11) is 0. The van der Waals surface area contributed by atoms with E-state index in [-0.39, 0.29) is 11.7 Å². The van der Waals surface area contributed by atoms with Crippen molar-refractivity contribution < 1.29 is 9.18 Å². The van der Waals surface area contributed by atoms with Crippen LogP contribution in [0, 0.1) is 5.82 Å². The minimum Gasteiger partial charge on any atom is -0.348 e. The number of aromatic nitrogens is 1. The van der Waals surface area contributed by atoms with Crippen LogP contribution in [0.1, 0.15) is 21.6 Å². The number of amides is 1. The summed E-state index contributed by atoms with van der Waals surface area (Å²) in [5.74, 6) is 0.306. The molecule has 0 aliphatic carbocycles. The summed E-state index contributed by atoms with van der Waals surface area (Å²) >= 11 is 3.15. The van der Waals surface area contributed by atoms with Gasteiger partial charge in [0.1, 0.15) is 5.82 Å². The van der Waals surface area contributed by atoms with Crippen LogP contribution in [-0.2, 0) is 12.3 Å². The maximum Gasteiger partial charge on any atom is 0.252 e. The maximum atomic E-state index is 12.9. The molecule has 0 bridgehead atoms. The van der Waals surface area contributed by atoms with E-state index in [1.807, 2.05) is 29.6 Å². The fourth-order valence-corrected chi connectivity index (χ4v) is 3.74. The van der Waals surface area contributed by atoms with Gasteiger partial charge in [0.25, 0.3) is 5.91 Å². The van der Waals surface area contributed by atoms with Crippen LogP contribution in [0.5, 0.6) is 0 Å². The lowest BCUT2D eigenvalue weighted by molar-refractivity contribution is 0.0948. The summed E-state index contributed by atoms with van der Waals surface area (Å²) in [6.45, 7) is 0.365. The lowest BCUT2D eigenvalue weighted by Gasteiger charge is -2.09. The highest BCUT2D eigenvalue weighted by molar-refractivity contribution is 7.98. The summed E-state index contributed by atoms with van der Waals surface area (Å²) in [6.07, 6.45) is 0. The molecule has 0 aliphatic rings. The van der Waals surface area contributed by atoms with E-state index in [0.717, 1.165) is 21.9 Å². The van der Waals surface area contributed by atoms with Crippen molar-refractivity contribution in [2.75, 3.05) is 0 Å². The smallest absolute Gasteiger partial charge is 0.252 e. The molecular weight excluding hydrogens is 343 g/mol. The summed E-state index contributed by atoms with van der Waals surface area (Å²) in [4.78, 5) is 17.6. The summed E-state index contributed by atoms with van der Waals surface area (Å²) in [5.41, 5.74) is 4.31. The number of hydrogen-bond acceptors (Lipinski definition) is 4. The SMILES string of the molecule is O=C(NCc1ccc(F)cc1)c1ccccc1SCc1cscn1. The molecule has 0 spiro atoms. The number of nitrogens with one attached hydrogen (secondary N) is 1. The Labute approximate surface area is 148 Å². The predicted molar refractivity (Wildman–Crippen MR) is 95.7 cm³/mol. The van der Waals surface area contributed by atoms with Crippen molar-refractivity contribution in [3.8, 4) is 0 Å². The lowest BCUT2D eigenvalue weighted by Crippen LogP contribution is -2.23. The number of benzene rings is 2. The highest BCUT2D eigenvalue weighted by atomic mass is 32.2. The van der Waals surface area contributed by atoms with Crippen LogP contribution in [-0.4, -0.2) is 10.9 Å². The Hall–Kier alpha value is -2.18.